The van der Waals surface area contributed by atoms with Crippen LogP contribution in [-0.2, 0) is 12.1 Å². The minimum Gasteiger partial charge on any atom is -0.711 e. The first-order valence-electron chi connectivity index (χ1n) is 7.76. The van der Waals surface area contributed by atoms with Crippen molar-refractivity contribution in [3.63, 3.8) is 0 Å². The average Bonchev–Trinajstić information content (AvgIpc) is 3.12. The monoisotopic (exact) mass is 381 g/mol. The topological polar surface area (TPSA) is 103 Å². The van der Waals surface area contributed by atoms with Crippen LogP contribution >= 0.6 is 0 Å². The second-order valence-electron chi connectivity index (χ2n) is 5.87. The van der Waals surface area contributed by atoms with E-state index in [0.717, 1.165) is 12.1 Å². The van der Waals surface area contributed by atoms with E-state index < -0.39 is 29.0 Å². The van der Waals surface area contributed by atoms with Gasteiger partial charge in [0.15, 0.2) is 5.83 Å². The van der Waals surface area contributed by atoms with Crippen LogP contribution in [0.3, 0.4) is 0 Å². The van der Waals surface area contributed by atoms with Gasteiger partial charge in [-0.3, -0.25) is 5.73 Å². The van der Waals surface area contributed by atoms with Crippen molar-refractivity contribution in [2.45, 2.75) is 19.1 Å². The Morgan fingerprint density at radius 2 is 2.22 bits per heavy atom. The van der Waals surface area contributed by atoms with Crippen molar-refractivity contribution < 1.29 is 23.0 Å². The lowest BCUT2D eigenvalue weighted by molar-refractivity contribution is -0.375. The molecule has 0 spiro atoms. The molecule has 27 heavy (non-hydrogen) atoms. The van der Waals surface area contributed by atoms with Crippen LogP contribution in [0.15, 0.2) is 55.0 Å². The number of aliphatic hydroxyl groups is 1. The second-order valence-corrected chi connectivity index (χ2v) is 5.87. The summed E-state index contributed by atoms with van der Waals surface area (Å²) < 4.78 is 43.2. The fourth-order valence-electron chi connectivity index (χ4n) is 2.59. The molecule has 0 unspecified atom stereocenters. The highest BCUT2D eigenvalue weighted by molar-refractivity contribution is 5.45. The van der Waals surface area contributed by atoms with E-state index in [1.165, 1.54) is 24.3 Å². The number of rotatable bonds is 7. The molecule has 2 atom stereocenters. The molecule has 1 heterocycles. The maximum Gasteiger partial charge on any atom is 0.237 e. The minimum absolute atomic E-state index is 0.0161. The molecule has 1 aromatic carbocycles. The lowest BCUT2D eigenvalue weighted by atomic mass is 9.77. The van der Waals surface area contributed by atoms with Crippen LogP contribution in [0.25, 0.3) is 0 Å². The van der Waals surface area contributed by atoms with Gasteiger partial charge in [0, 0.05) is 17.5 Å². The minimum atomic E-state index is -2.08. The smallest absolute Gasteiger partial charge is 0.237 e. The predicted octanol–water partition coefficient (Wildman–Crippen LogP) is 1.94. The van der Waals surface area contributed by atoms with Gasteiger partial charge < -0.3 is 10.3 Å². The summed E-state index contributed by atoms with van der Waals surface area (Å²) >= 11 is 0. The van der Waals surface area contributed by atoms with Crippen molar-refractivity contribution in [2.75, 3.05) is 0 Å². The number of nitrogens with zero attached hydrogens (tertiary/aromatic N) is 4. The van der Waals surface area contributed by atoms with Gasteiger partial charge in [-0.05, 0) is 11.6 Å². The highest BCUT2D eigenvalue weighted by atomic mass is 19.1. The summed E-state index contributed by atoms with van der Waals surface area (Å²) in [6.45, 7) is 4.60. The van der Waals surface area contributed by atoms with Crippen LogP contribution in [0.4, 0.5) is 13.2 Å². The van der Waals surface area contributed by atoms with E-state index in [-0.39, 0.29) is 22.4 Å². The standard InChI is InChI=1S/C17H18F3N5O2/c1-11(16(20)6-25(27)8-21)12(2)17(26,7-24-10-22-9-23-24)14-4-3-13(18)5-15(14)19/h3-6,8-10,12,26H,1,7,21H2,2H3/b16-6+,25-8+/t12-,17+/m0/s1. The molecule has 10 heteroatoms. The second kappa shape index (κ2) is 8.04. The first kappa shape index (κ1) is 20.2. The van der Waals surface area contributed by atoms with Crippen LogP contribution in [0.2, 0.25) is 0 Å². The van der Waals surface area contributed by atoms with Crippen LogP contribution in [0.1, 0.15) is 12.5 Å². The number of halogens is 3. The molecule has 0 saturated carbocycles. The Morgan fingerprint density at radius 1 is 1.52 bits per heavy atom. The van der Waals surface area contributed by atoms with Gasteiger partial charge in [-0.25, -0.2) is 27.6 Å². The predicted molar refractivity (Wildman–Crippen MR) is 91.7 cm³/mol. The van der Waals surface area contributed by atoms with Crippen LogP contribution < -0.4 is 5.73 Å². The summed E-state index contributed by atoms with van der Waals surface area (Å²) in [5, 5.41) is 26.3. The number of hydrogen-bond donors (Lipinski definition) is 2. The van der Waals surface area contributed by atoms with Gasteiger partial charge >= 0.3 is 0 Å². The Hall–Kier alpha value is -3.14. The van der Waals surface area contributed by atoms with Gasteiger partial charge in [0.2, 0.25) is 6.34 Å². The summed E-state index contributed by atoms with van der Waals surface area (Å²) in [5.41, 5.74) is 2.34. The van der Waals surface area contributed by atoms with E-state index in [0.29, 0.717) is 18.6 Å². The van der Waals surface area contributed by atoms with Gasteiger partial charge in [0.05, 0.1) is 6.54 Å². The molecular formula is C17H18F3N5O2. The average molecular weight is 381 g/mol. The Kier molecular flexibility index (Phi) is 6.01. The largest absolute Gasteiger partial charge is 0.711 e. The number of benzene rings is 1. The van der Waals surface area contributed by atoms with Crippen LogP contribution in [-0.4, -0.2) is 30.9 Å². The Morgan fingerprint density at radius 3 is 2.78 bits per heavy atom. The summed E-state index contributed by atoms with van der Waals surface area (Å²) in [7, 11) is 0. The number of aromatic nitrogens is 3. The van der Waals surface area contributed by atoms with Crippen molar-refractivity contribution in [3.05, 3.63) is 77.4 Å². The Labute approximate surface area is 153 Å². The van der Waals surface area contributed by atoms with E-state index in [4.69, 9.17) is 5.73 Å². The number of allylic oxidation sites excluding steroid dienone is 1. The highest BCUT2D eigenvalue weighted by Gasteiger charge is 2.41. The first-order valence-corrected chi connectivity index (χ1v) is 7.76. The van der Waals surface area contributed by atoms with Gasteiger partial charge in [-0.1, -0.05) is 19.6 Å². The Balaban J connectivity index is 2.51. The zero-order valence-electron chi connectivity index (χ0n) is 14.4. The molecule has 0 amide bonds. The fourth-order valence-corrected chi connectivity index (χ4v) is 2.59. The maximum absolute atomic E-state index is 14.4. The summed E-state index contributed by atoms with van der Waals surface area (Å²) in [6, 6.07) is 2.63. The summed E-state index contributed by atoms with van der Waals surface area (Å²) in [4.78, 5) is 3.74. The van der Waals surface area contributed by atoms with Gasteiger partial charge in [0.25, 0.3) is 0 Å². The third kappa shape index (κ3) is 4.34. The molecule has 3 N–H and O–H groups in total. The molecule has 144 valence electrons. The molecule has 0 fully saturated rings. The first-order chi connectivity index (χ1) is 12.7. The number of hydrogen-bond acceptors (Lipinski definition) is 4. The zero-order valence-corrected chi connectivity index (χ0v) is 14.4. The summed E-state index contributed by atoms with van der Waals surface area (Å²) in [5.74, 6) is -4.05. The molecule has 7 nitrogen and oxygen atoms in total. The van der Waals surface area contributed by atoms with Crippen molar-refractivity contribution in [3.8, 4) is 0 Å². The van der Waals surface area contributed by atoms with E-state index >= 15 is 0 Å². The molecule has 0 radical (unpaired) electrons. The van der Waals surface area contributed by atoms with Crippen molar-refractivity contribution in [1.29, 1.82) is 0 Å². The molecule has 0 aliphatic carbocycles. The molecular weight excluding hydrogens is 363 g/mol. The van der Waals surface area contributed by atoms with Crippen molar-refractivity contribution >= 4 is 6.34 Å². The molecule has 0 saturated heterocycles. The number of nitrogens with two attached hydrogens (primary N) is 1. The fraction of sp³-hybridized carbons (Fsp3) is 0.235. The molecule has 0 aliphatic heterocycles. The third-order valence-electron chi connectivity index (χ3n) is 4.20. The number of hydroxylamine groups is 1. The third-order valence-corrected chi connectivity index (χ3v) is 4.20. The normalized spacial score (nSPS) is 16.0. The molecule has 0 bridgehead atoms. The SMILES string of the molecule is C=C(/C(F)=C\[N+]([O-])=C/N)[C@H](C)[C@](O)(Cn1cncn1)c1ccc(F)cc1F. The lowest BCUT2D eigenvalue weighted by Gasteiger charge is -2.35. The quantitative estimate of drug-likeness (QED) is 0.191. The molecule has 2 rings (SSSR count). The van der Waals surface area contributed by atoms with Gasteiger partial charge in [0.1, 0.15) is 36.1 Å². The van der Waals surface area contributed by atoms with Crippen molar-refractivity contribution in [1.82, 2.24) is 14.8 Å². The summed E-state index contributed by atoms with van der Waals surface area (Å²) in [6.07, 6.45) is 3.58. The van der Waals surface area contributed by atoms with E-state index in [9.17, 15) is 23.5 Å². The van der Waals surface area contributed by atoms with Crippen molar-refractivity contribution in [2.24, 2.45) is 11.7 Å². The zero-order chi connectivity index (χ0) is 20.2. The van der Waals surface area contributed by atoms with Gasteiger partial charge in [-0.2, -0.15) is 5.10 Å². The van der Waals surface area contributed by atoms with Crippen LogP contribution in [0.5, 0.6) is 0 Å². The lowest BCUT2D eigenvalue weighted by Crippen LogP contribution is -2.40. The maximum atomic E-state index is 14.4. The molecule has 0 aliphatic rings. The highest BCUT2D eigenvalue weighted by Crippen LogP contribution is 2.39. The van der Waals surface area contributed by atoms with Gasteiger partial charge in [-0.15, -0.1) is 0 Å². The Bertz CT molecular complexity index is 883. The van der Waals surface area contributed by atoms with E-state index in [1.54, 1.807) is 0 Å². The van der Waals surface area contributed by atoms with Crippen LogP contribution in [0, 0.1) is 22.8 Å². The van der Waals surface area contributed by atoms with E-state index in [1.807, 2.05) is 0 Å². The molecule has 1 aromatic heterocycles. The molecule has 2 aromatic rings. The van der Waals surface area contributed by atoms with E-state index in [2.05, 4.69) is 16.7 Å².